The van der Waals surface area contributed by atoms with Gasteiger partial charge in [0, 0.05) is 12.4 Å². The largest absolute Gasteiger partial charge is 0.288 e. The van der Waals surface area contributed by atoms with Crippen molar-refractivity contribution in [2.45, 2.75) is 0 Å². The second kappa shape index (κ2) is 3.97. The van der Waals surface area contributed by atoms with Gasteiger partial charge >= 0.3 is 0 Å². The zero-order valence-corrected chi connectivity index (χ0v) is 5.34. The lowest BCUT2D eigenvalue weighted by Gasteiger charge is -1.56. The minimum atomic E-state index is -0.310. The van der Waals surface area contributed by atoms with Crippen LogP contribution in [0.3, 0.4) is 0 Å². The Morgan fingerprint density at radius 1 is 1.33 bits per heavy atom. The van der Waals surface area contributed by atoms with Crippen LogP contribution in [-0.2, 0) is 0 Å². The second-order valence-electron chi connectivity index (χ2n) is 1.24. The van der Waals surface area contributed by atoms with Gasteiger partial charge in [0.25, 0.3) is 5.56 Å². The van der Waals surface area contributed by atoms with Crippen LogP contribution in [0.1, 0.15) is 0 Å². The van der Waals surface area contributed by atoms with Gasteiger partial charge < -0.3 is 0 Å². The van der Waals surface area contributed by atoms with Crippen LogP contribution in [0.15, 0.2) is 29.5 Å². The molecule has 1 heterocycles. The normalized spacial score (nSPS) is 7.56. The standard InChI is InChI=1S/C5H4N2O.ClH/c8-5-4-6-2-1-3-7-5;/h1-4H;1H. The molecule has 0 saturated heterocycles. The second-order valence-corrected chi connectivity index (χ2v) is 1.24. The number of aromatic nitrogens is 2. The molecule has 0 aromatic carbocycles. The molecule has 3 nitrogen and oxygen atoms in total. The quantitative estimate of drug-likeness (QED) is 0.525. The van der Waals surface area contributed by atoms with Crippen LogP contribution in [0.25, 0.3) is 0 Å². The molecule has 0 aliphatic carbocycles. The van der Waals surface area contributed by atoms with Gasteiger partial charge in [0.2, 0.25) is 0 Å². The summed E-state index contributed by atoms with van der Waals surface area (Å²) in [5.74, 6) is 0. The van der Waals surface area contributed by atoms with E-state index in [2.05, 4.69) is 9.97 Å². The summed E-state index contributed by atoms with van der Waals surface area (Å²) in [4.78, 5) is 17.3. The van der Waals surface area contributed by atoms with Crippen molar-refractivity contribution in [2.75, 3.05) is 0 Å². The van der Waals surface area contributed by atoms with Gasteiger partial charge in [0.05, 0.1) is 6.20 Å². The average Bonchev–Trinajstić information content (AvgIpc) is 1.94. The minimum absolute atomic E-state index is 0. The molecule has 0 aliphatic rings. The van der Waals surface area contributed by atoms with Crippen molar-refractivity contribution in [3.05, 3.63) is 35.0 Å². The molecule has 0 fully saturated rings. The Morgan fingerprint density at radius 3 is 2.89 bits per heavy atom. The molecule has 0 N–H and O–H groups in total. The predicted octanol–water partition coefficient (Wildman–Crippen LogP) is 0.259. The fourth-order valence-corrected chi connectivity index (χ4v) is 0.345. The van der Waals surface area contributed by atoms with Crippen molar-refractivity contribution >= 4 is 12.4 Å². The van der Waals surface area contributed by atoms with Gasteiger partial charge in [0.15, 0.2) is 0 Å². The molecule has 0 bridgehead atoms. The van der Waals surface area contributed by atoms with E-state index in [1.165, 1.54) is 18.6 Å². The van der Waals surface area contributed by atoms with E-state index in [9.17, 15) is 4.79 Å². The maximum Gasteiger partial charge on any atom is 0.288 e. The molecule has 0 spiro atoms. The summed E-state index contributed by atoms with van der Waals surface area (Å²) < 4.78 is 0. The highest BCUT2D eigenvalue weighted by molar-refractivity contribution is 5.85. The molecule has 9 heavy (non-hydrogen) atoms. The Hall–Kier alpha value is -0.960. The van der Waals surface area contributed by atoms with Crippen molar-refractivity contribution < 1.29 is 0 Å². The smallest absolute Gasteiger partial charge is 0.266 e. The fraction of sp³-hybridized carbons (Fsp3) is 0. The van der Waals surface area contributed by atoms with Gasteiger partial charge in [-0.2, -0.15) is 0 Å². The molecule has 1 aromatic rings. The Balaban J connectivity index is 0.000000640. The Bertz CT molecular complexity index is 206. The highest BCUT2D eigenvalue weighted by Gasteiger charge is 1.72. The maximum atomic E-state index is 10.3. The Kier molecular flexibility index (Phi) is 3.55. The molecule has 0 unspecified atom stereocenters. The van der Waals surface area contributed by atoms with E-state index in [-0.39, 0.29) is 18.0 Å². The van der Waals surface area contributed by atoms with Crippen LogP contribution in [0.2, 0.25) is 0 Å². The first kappa shape index (κ1) is 8.04. The van der Waals surface area contributed by atoms with Gasteiger partial charge in [-0.1, -0.05) is 0 Å². The average molecular weight is 145 g/mol. The first-order valence-electron chi connectivity index (χ1n) is 2.16. The van der Waals surface area contributed by atoms with E-state index in [0.717, 1.165) is 0 Å². The molecule has 48 valence electrons. The van der Waals surface area contributed by atoms with Crippen LogP contribution >= 0.6 is 12.4 Å². The van der Waals surface area contributed by atoms with E-state index in [0.29, 0.717) is 0 Å². The molecule has 1 aromatic heterocycles. The van der Waals surface area contributed by atoms with Crippen molar-refractivity contribution in [1.82, 2.24) is 9.97 Å². The van der Waals surface area contributed by atoms with E-state index >= 15 is 0 Å². The first-order valence-corrected chi connectivity index (χ1v) is 2.16. The molecule has 0 saturated carbocycles. The van der Waals surface area contributed by atoms with Gasteiger partial charge in [-0.05, 0) is 6.07 Å². The van der Waals surface area contributed by atoms with Gasteiger partial charge in [-0.25, -0.2) is 4.98 Å². The lowest BCUT2D eigenvalue weighted by molar-refractivity contribution is 1.23. The summed E-state index contributed by atoms with van der Waals surface area (Å²) in [7, 11) is 0. The Labute approximate surface area is 58.2 Å². The predicted molar refractivity (Wildman–Crippen MR) is 35.6 cm³/mol. The summed E-state index contributed by atoms with van der Waals surface area (Å²) in [6, 6.07) is 1.60. The van der Waals surface area contributed by atoms with E-state index in [1.54, 1.807) is 6.07 Å². The van der Waals surface area contributed by atoms with Crippen LogP contribution in [0.4, 0.5) is 0 Å². The number of halogens is 1. The highest BCUT2D eigenvalue weighted by atomic mass is 35.5. The van der Waals surface area contributed by atoms with Crippen LogP contribution < -0.4 is 5.56 Å². The molecular formula is C5H5ClN2O. The third-order valence-electron chi connectivity index (χ3n) is 0.645. The van der Waals surface area contributed by atoms with Gasteiger partial charge in [-0.3, -0.25) is 9.78 Å². The van der Waals surface area contributed by atoms with Crippen molar-refractivity contribution in [2.24, 2.45) is 0 Å². The molecule has 0 atom stereocenters. The number of hydrogen-bond acceptors (Lipinski definition) is 3. The molecule has 4 heteroatoms. The third kappa shape index (κ3) is 2.77. The van der Waals surface area contributed by atoms with Crippen LogP contribution in [-0.4, -0.2) is 9.97 Å². The van der Waals surface area contributed by atoms with Crippen molar-refractivity contribution in [3.63, 3.8) is 0 Å². The summed E-state index contributed by atoms with van der Waals surface area (Å²) in [6.07, 6.45) is 4.09. The van der Waals surface area contributed by atoms with Crippen molar-refractivity contribution in [3.8, 4) is 0 Å². The molecule has 0 aliphatic heterocycles. The maximum absolute atomic E-state index is 10.3. The topological polar surface area (TPSA) is 42.9 Å². The molecule has 1 rings (SSSR count). The zero-order chi connectivity index (χ0) is 5.82. The lowest BCUT2D eigenvalue weighted by atomic mass is 10.7. The molecule has 0 radical (unpaired) electrons. The van der Waals surface area contributed by atoms with Gasteiger partial charge in [0.1, 0.15) is 0 Å². The summed E-state index contributed by atoms with van der Waals surface area (Å²) in [5, 5.41) is 0. The highest BCUT2D eigenvalue weighted by Crippen LogP contribution is 1.62. The SMILES string of the molecule is Cl.O=c1cncccn1. The zero-order valence-electron chi connectivity index (χ0n) is 4.52. The van der Waals surface area contributed by atoms with E-state index in [4.69, 9.17) is 0 Å². The van der Waals surface area contributed by atoms with E-state index in [1.807, 2.05) is 0 Å². The monoisotopic (exact) mass is 144 g/mol. The number of nitrogens with zero attached hydrogens (tertiary/aromatic N) is 2. The van der Waals surface area contributed by atoms with Gasteiger partial charge in [-0.15, -0.1) is 12.4 Å². The minimum Gasteiger partial charge on any atom is -0.266 e. The fourth-order valence-electron chi connectivity index (χ4n) is 0.345. The number of hydrogen-bond donors (Lipinski definition) is 0. The first-order chi connectivity index (χ1) is 3.89. The van der Waals surface area contributed by atoms with Crippen LogP contribution in [0.5, 0.6) is 0 Å². The van der Waals surface area contributed by atoms with Crippen molar-refractivity contribution in [1.29, 1.82) is 0 Å². The summed E-state index contributed by atoms with van der Waals surface area (Å²) in [6.45, 7) is 0. The number of rotatable bonds is 0. The Morgan fingerprint density at radius 2 is 2.11 bits per heavy atom. The molecule has 0 amide bonds. The lowest BCUT2D eigenvalue weighted by Crippen LogP contribution is -1.97. The van der Waals surface area contributed by atoms with Crippen LogP contribution in [0, 0.1) is 0 Å². The molecular weight excluding hydrogens is 140 g/mol. The van der Waals surface area contributed by atoms with E-state index < -0.39 is 0 Å². The third-order valence-corrected chi connectivity index (χ3v) is 0.645. The summed E-state index contributed by atoms with van der Waals surface area (Å²) in [5.41, 5.74) is -0.310. The summed E-state index contributed by atoms with van der Waals surface area (Å²) >= 11 is 0.